The van der Waals surface area contributed by atoms with Crippen LogP contribution in [0.15, 0.2) is 18.5 Å². The maximum absolute atomic E-state index is 13.1. The first-order valence-corrected chi connectivity index (χ1v) is 4.69. The Hall–Kier alpha value is -1.98. The summed E-state index contributed by atoms with van der Waals surface area (Å²) in [6.45, 7) is 1.61. The lowest BCUT2D eigenvalue weighted by Crippen LogP contribution is -2.40. The highest BCUT2D eigenvalue weighted by Crippen LogP contribution is 2.05. The number of carbonyl (C=O) groups is 2. The van der Waals surface area contributed by atoms with Crippen molar-refractivity contribution in [2.24, 2.45) is 0 Å². The fourth-order valence-corrected chi connectivity index (χ4v) is 1.13. The minimum atomic E-state index is -1.15. The van der Waals surface area contributed by atoms with Crippen molar-refractivity contribution in [1.29, 1.82) is 0 Å². The molecule has 1 atom stereocenters. The van der Waals surface area contributed by atoms with Gasteiger partial charge >= 0.3 is 5.97 Å². The molecule has 1 aromatic heterocycles. The molecule has 2 N–H and O–H groups in total. The predicted molar refractivity (Wildman–Crippen MR) is 53.4 cm³/mol. The Morgan fingerprint density at radius 1 is 1.62 bits per heavy atom. The summed E-state index contributed by atoms with van der Waals surface area (Å²) in [5, 5.41) is 10.9. The topological polar surface area (TPSA) is 79.3 Å². The molecule has 0 spiro atoms. The summed E-state index contributed by atoms with van der Waals surface area (Å²) in [4.78, 5) is 25.6. The molecule has 1 unspecified atom stereocenters. The number of rotatable bonds is 4. The molecule has 0 saturated heterocycles. The van der Waals surface area contributed by atoms with Gasteiger partial charge in [-0.2, -0.15) is 0 Å². The number of carboxylic acid groups (broad SMARTS) is 1. The van der Waals surface area contributed by atoms with Crippen LogP contribution in [0.1, 0.15) is 23.7 Å². The van der Waals surface area contributed by atoms with Crippen LogP contribution in [0, 0.1) is 5.82 Å². The number of nitrogens with zero attached hydrogens (tertiary/aromatic N) is 1. The fraction of sp³-hybridized carbons (Fsp3) is 0.300. The largest absolute Gasteiger partial charge is 0.480 e. The van der Waals surface area contributed by atoms with Crippen molar-refractivity contribution in [3.8, 4) is 0 Å². The van der Waals surface area contributed by atoms with Crippen LogP contribution in [-0.2, 0) is 4.79 Å². The monoisotopic (exact) mass is 226 g/mol. The molecule has 16 heavy (non-hydrogen) atoms. The molecule has 1 rings (SSSR count). The smallest absolute Gasteiger partial charge is 0.326 e. The van der Waals surface area contributed by atoms with E-state index >= 15 is 0 Å². The second kappa shape index (κ2) is 5.20. The zero-order valence-corrected chi connectivity index (χ0v) is 8.61. The van der Waals surface area contributed by atoms with Gasteiger partial charge in [-0.15, -0.1) is 0 Å². The lowest BCUT2D eigenvalue weighted by atomic mass is 10.2. The van der Waals surface area contributed by atoms with Gasteiger partial charge < -0.3 is 10.4 Å². The molecule has 0 fully saturated rings. The molecular formula is C10H11FN2O3. The third kappa shape index (κ3) is 2.75. The van der Waals surface area contributed by atoms with Crippen LogP contribution in [0.3, 0.4) is 0 Å². The summed E-state index contributed by atoms with van der Waals surface area (Å²) in [5.41, 5.74) is -0.213. The highest BCUT2D eigenvalue weighted by Gasteiger charge is 2.20. The van der Waals surface area contributed by atoms with Crippen LogP contribution < -0.4 is 5.32 Å². The number of pyridine rings is 1. The molecule has 1 amide bonds. The fourth-order valence-electron chi connectivity index (χ4n) is 1.13. The molecule has 0 aromatic carbocycles. The van der Waals surface area contributed by atoms with Gasteiger partial charge in [0.1, 0.15) is 6.04 Å². The van der Waals surface area contributed by atoms with E-state index in [-0.39, 0.29) is 12.0 Å². The Morgan fingerprint density at radius 2 is 2.31 bits per heavy atom. The Kier molecular flexibility index (Phi) is 3.93. The molecule has 0 aliphatic rings. The number of halogens is 1. The summed E-state index contributed by atoms with van der Waals surface area (Å²) < 4.78 is 13.1. The molecule has 0 aliphatic heterocycles. The molecule has 1 aromatic rings. The van der Waals surface area contributed by atoms with Crippen molar-refractivity contribution >= 4 is 11.9 Å². The van der Waals surface area contributed by atoms with Crippen molar-refractivity contribution in [1.82, 2.24) is 10.3 Å². The summed E-state index contributed by atoms with van der Waals surface area (Å²) in [6.07, 6.45) is 2.39. The quantitative estimate of drug-likeness (QED) is 0.796. The van der Waals surface area contributed by atoms with E-state index in [9.17, 15) is 14.0 Å². The van der Waals surface area contributed by atoms with Crippen molar-refractivity contribution < 1.29 is 19.1 Å². The van der Waals surface area contributed by atoms with Gasteiger partial charge in [-0.3, -0.25) is 9.78 Å². The van der Waals surface area contributed by atoms with Gasteiger partial charge in [0.05, 0.1) is 11.8 Å². The number of carboxylic acids is 1. The second-order valence-electron chi connectivity index (χ2n) is 3.13. The van der Waals surface area contributed by atoms with E-state index < -0.39 is 23.7 Å². The van der Waals surface area contributed by atoms with Crippen LogP contribution in [0.2, 0.25) is 0 Å². The second-order valence-corrected chi connectivity index (χ2v) is 3.13. The van der Waals surface area contributed by atoms with Gasteiger partial charge in [0.2, 0.25) is 0 Å². The van der Waals surface area contributed by atoms with Crippen LogP contribution in [0.25, 0.3) is 0 Å². The van der Waals surface area contributed by atoms with Gasteiger partial charge in [-0.1, -0.05) is 6.92 Å². The SMILES string of the molecule is CCC(NC(=O)c1ccncc1F)C(=O)O. The van der Waals surface area contributed by atoms with Crippen LogP contribution >= 0.6 is 0 Å². The maximum Gasteiger partial charge on any atom is 0.326 e. The van der Waals surface area contributed by atoms with E-state index in [0.29, 0.717) is 0 Å². The molecular weight excluding hydrogens is 215 g/mol. The van der Waals surface area contributed by atoms with Gasteiger partial charge in [-0.25, -0.2) is 9.18 Å². The van der Waals surface area contributed by atoms with Crippen molar-refractivity contribution in [2.45, 2.75) is 19.4 Å². The van der Waals surface area contributed by atoms with Crippen molar-refractivity contribution in [2.75, 3.05) is 0 Å². The minimum Gasteiger partial charge on any atom is -0.480 e. The average Bonchev–Trinajstić information content (AvgIpc) is 2.25. The minimum absolute atomic E-state index is 0.213. The maximum atomic E-state index is 13.1. The highest BCUT2D eigenvalue weighted by atomic mass is 19.1. The molecule has 86 valence electrons. The first-order chi connectivity index (χ1) is 7.56. The lowest BCUT2D eigenvalue weighted by molar-refractivity contribution is -0.139. The van der Waals surface area contributed by atoms with Gasteiger partial charge in [0.15, 0.2) is 5.82 Å². The number of aromatic nitrogens is 1. The van der Waals surface area contributed by atoms with Crippen LogP contribution in [-0.4, -0.2) is 28.0 Å². The summed E-state index contributed by atoms with van der Waals surface area (Å²) >= 11 is 0. The Balaban J connectivity index is 2.80. The Labute approximate surface area is 91.3 Å². The standard InChI is InChI=1S/C10H11FN2O3/c1-2-8(10(15)16)13-9(14)6-3-4-12-5-7(6)11/h3-5,8H,2H2,1H3,(H,13,14)(H,15,16). The third-order valence-corrected chi connectivity index (χ3v) is 2.03. The number of amides is 1. The van der Waals surface area contributed by atoms with Crippen molar-refractivity contribution in [3.63, 3.8) is 0 Å². The average molecular weight is 226 g/mol. The number of hydrogen-bond acceptors (Lipinski definition) is 3. The van der Waals surface area contributed by atoms with E-state index in [0.717, 1.165) is 6.20 Å². The molecule has 0 bridgehead atoms. The molecule has 1 heterocycles. The predicted octanol–water partition coefficient (Wildman–Crippen LogP) is 0.814. The Bertz CT molecular complexity index is 409. The van der Waals surface area contributed by atoms with E-state index in [2.05, 4.69) is 10.3 Å². The van der Waals surface area contributed by atoms with E-state index in [1.54, 1.807) is 6.92 Å². The van der Waals surface area contributed by atoms with Gasteiger partial charge in [0, 0.05) is 6.20 Å². The first-order valence-electron chi connectivity index (χ1n) is 4.69. The highest BCUT2D eigenvalue weighted by molar-refractivity contribution is 5.96. The van der Waals surface area contributed by atoms with E-state index in [1.807, 2.05) is 0 Å². The van der Waals surface area contributed by atoms with E-state index in [1.165, 1.54) is 12.3 Å². The van der Waals surface area contributed by atoms with Crippen molar-refractivity contribution in [3.05, 3.63) is 29.8 Å². The third-order valence-electron chi connectivity index (χ3n) is 2.03. The van der Waals surface area contributed by atoms with Crippen LogP contribution in [0.5, 0.6) is 0 Å². The first kappa shape index (κ1) is 12.1. The molecule has 5 nitrogen and oxygen atoms in total. The molecule has 0 saturated carbocycles. The normalized spacial score (nSPS) is 11.9. The lowest BCUT2D eigenvalue weighted by Gasteiger charge is -2.12. The molecule has 6 heteroatoms. The van der Waals surface area contributed by atoms with E-state index in [4.69, 9.17) is 5.11 Å². The zero-order chi connectivity index (χ0) is 12.1. The van der Waals surface area contributed by atoms with Crippen LogP contribution in [0.4, 0.5) is 4.39 Å². The summed E-state index contributed by atoms with van der Waals surface area (Å²) in [6, 6.07) is 0.180. The van der Waals surface area contributed by atoms with Gasteiger partial charge in [0.25, 0.3) is 5.91 Å². The molecule has 0 aliphatic carbocycles. The molecule has 0 radical (unpaired) electrons. The van der Waals surface area contributed by atoms with Gasteiger partial charge in [-0.05, 0) is 12.5 Å². The number of carbonyl (C=O) groups excluding carboxylic acids is 1. The summed E-state index contributed by atoms with van der Waals surface area (Å²) in [7, 11) is 0. The number of nitrogens with one attached hydrogen (secondary N) is 1. The number of aliphatic carboxylic acids is 1. The Morgan fingerprint density at radius 3 is 2.81 bits per heavy atom. The summed E-state index contributed by atoms with van der Waals surface area (Å²) in [5.74, 6) is -2.68. The zero-order valence-electron chi connectivity index (χ0n) is 8.61. The number of hydrogen-bond donors (Lipinski definition) is 2.